The van der Waals surface area contributed by atoms with E-state index in [1.54, 1.807) is 29.2 Å². The zero-order valence-electron chi connectivity index (χ0n) is 14.7. The molecule has 0 bridgehead atoms. The van der Waals surface area contributed by atoms with Crippen LogP contribution in [0.4, 0.5) is 11.4 Å². The number of benzene rings is 2. The highest BCUT2D eigenvalue weighted by Crippen LogP contribution is 2.31. The lowest BCUT2D eigenvalue weighted by Gasteiger charge is -2.33. The summed E-state index contributed by atoms with van der Waals surface area (Å²) in [6, 6.07) is 13.4. The van der Waals surface area contributed by atoms with Gasteiger partial charge in [-0.3, -0.25) is 9.10 Å². The third kappa shape index (κ3) is 3.57. The van der Waals surface area contributed by atoms with Crippen molar-refractivity contribution in [3.05, 3.63) is 59.1 Å². The molecule has 2 aromatic rings. The fourth-order valence-electron chi connectivity index (χ4n) is 3.38. The van der Waals surface area contributed by atoms with Gasteiger partial charge in [-0.25, -0.2) is 8.42 Å². The number of amides is 1. The highest BCUT2D eigenvalue weighted by Gasteiger charge is 2.36. The van der Waals surface area contributed by atoms with Crippen LogP contribution in [0, 0.1) is 0 Å². The molecule has 138 valence electrons. The fraction of sp³-hybridized carbons (Fsp3) is 0.316. The average molecular weight is 393 g/mol. The molecule has 0 saturated heterocycles. The summed E-state index contributed by atoms with van der Waals surface area (Å²) in [5.41, 5.74) is 2.40. The molecule has 1 aliphatic rings. The monoisotopic (exact) mass is 392 g/mol. The molecule has 2 aromatic carbocycles. The Morgan fingerprint density at radius 2 is 1.85 bits per heavy atom. The van der Waals surface area contributed by atoms with Crippen LogP contribution < -0.4 is 9.21 Å². The van der Waals surface area contributed by atoms with Gasteiger partial charge in [-0.1, -0.05) is 36.7 Å². The number of anilines is 2. The van der Waals surface area contributed by atoms with Gasteiger partial charge in [0.15, 0.2) is 0 Å². The third-order valence-corrected chi connectivity index (χ3v) is 5.98. The Morgan fingerprint density at radius 3 is 2.46 bits per heavy atom. The summed E-state index contributed by atoms with van der Waals surface area (Å²) >= 11 is 5.92. The molecule has 1 heterocycles. The van der Waals surface area contributed by atoms with Crippen LogP contribution in [0.3, 0.4) is 0 Å². The summed E-state index contributed by atoms with van der Waals surface area (Å²) in [6.45, 7) is 2.38. The number of fused-ring (bicyclic) bond motifs is 1. The Labute approximate surface area is 159 Å². The van der Waals surface area contributed by atoms with E-state index in [1.807, 2.05) is 31.2 Å². The van der Waals surface area contributed by atoms with Gasteiger partial charge in [-0.15, -0.1) is 0 Å². The molecule has 0 N–H and O–H groups in total. The largest absolute Gasteiger partial charge is 0.310 e. The number of carbonyl (C=O) groups excluding carboxylic acids is 1. The summed E-state index contributed by atoms with van der Waals surface area (Å²) in [5, 5.41) is 0.509. The first kappa shape index (κ1) is 18.7. The maximum atomic E-state index is 13.3. The molecule has 26 heavy (non-hydrogen) atoms. The summed E-state index contributed by atoms with van der Waals surface area (Å²) < 4.78 is 26.2. The second-order valence-corrected chi connectivity index (χ2v) is 8.62. The Balaban J connectivity index is 1.99. The fourth-order valence-corrected chi connectivity index (χ4v) is 4.71. The second kappa shape index (κ2) is 7.29. The minimum Gasteiger partial charge on any atom is -0.310 e. The van der Waals surface area contributed by atoms with Crippen LogP contribution in [-0.4, -0.2) is 33.2 Å². The minimum absolute atomic E-state index is 0.210. The summed E-state index contributed by atoms with van der Waals surface area (Å²) in [5.74, 6) is -0.210. The van der Waals surface area contributed by atoms with Gasteiger partial charge >= 0.3 is 0 Å². The van der Waals surface area contributed by atoms with Gasteiger partial charge in [0.05, 0.1) is 11.9 Å². The van der Waals surface area contributed by atoms with E-state index >= 15 is 0 Å². The molecular weight excluding hydrogens is 372 g/mol. The zero-order valence-corrected chi connectivity index (χ0v) is 16.3. The van der Waals surface area contributed by atoms with Crippen molar-refractivity contribution in [1.29, 1.82) is 0 Å². The maximum Gasteiger partial charge on any atom is 0.250 e. The number of hydrogen-bond donors (Lipinski definition) is 0. The van der Waals surface area contributed by atoms with Crippen LogP contribution in [0.1, 0.15) is 18.9 Å². The third-order valence-electron chi connectivity index (χ3n) is 4.55. The van der Waals surface area contributed by atoms with Crippen molar-refractivity contribution in [3.63, 3.8) is 0 Å². The van der Waals surface area contributed by atoms with E-state index in [4.69, 9.17) is 11.6 Å². The van der Waals surface area contributed by atoms with Crippen LogP contribution in [0.2, 0.25) is 5.02 Å². The van der Waals surface area contributed by atoms with Crippen molar-refractivity contribution in [2.75, 3.05) is 22.0 Å². The first-order valence-electron chi connectivity index (χ1n) is 8.47. The molecule has 0 spiro atoms. The normalized spacial score (nSPS) is 14.8. The van der Waals surface area contributed by atoms with Gasteiger partial charge in [-0.05, 0) is 48.7 Å². The van der Waals surface area contributed by atoms with E-state index in [0.717, 1.165) is 23.9 Å². The lowest BCUT2D eigenvalue weighted by atomic mass is 10.1. The molecule has 1 aliphatic heterocycles. The van der Waals surface area contributed by atoms with Crippen molar-refractivity contribution in [2.45, 2.75) is 25.8 Å². The van der Waals surface area contributed by atoms with Gasteiger partial charge in [0.25, 0.3) is 5.91 Å². The smallest absolute Gasteiger partial charge is 0.250 e. The molecule has 0 aromatic heterocycles. The molecule has 0 saturated carbocycles. The average Bonchev–Trinajstić information content (AvgIpc) is 3.03. The SMILES string of the molecule is CCC(C(=O)N1CCc2ccccc21)N(c1ccc(Cl)cc1)S(C)(=O)=O. The van der Waals surface area contributed by atoms with E-state index in [2.05, 4.69) is 0 Å². The van der Waals surface area contributed by atoms with Crippen molar-refractivity contribution in [2.24, 2.45) is 0 Å². The molecule has 7 heteroatoms. The number of sulfonamides is 1. The second-order valence-electron chi connectivity index (χ2n) is 6.33. The van der Waals surface area contributed by atoms with Crippen LogP contribution in [0.25, 0.3) is 0 Å². The first-order chi connectivity index (χ1) is 12.3. The molecule has 1 atom stereocenters. The molecule has 3 rings (SSSR count). The quantitative estimate of drug-likeness (QED) is 0.782. The molecule has 1 unspecified atom stereocenters. The number of nitrogens with zero attached hydrogens (tertiary/aromatic N) is 2. The Kier molecular flexibility index (Phi) is 5.25. The highest BCUT2D eigenvalue weighted by atomic mass is 35.5. The number of hydrogen-bond acceptors (Lipinski definition) is 3. The topological polar surface area (TPSA) is 57.7 Å². The van der Waals surface area contributed by atoms with Crippen LogP contribution >= 0.6 is 11.6 Å². The van der Waals surface area contributed by atoms with E-state index in [9.17, 15) is 13.2 Å². The van der Waals surface area contributed by atoms with E-state index in [-0.39, 0.29) is 5.91 Å². The number of carbonyl (C=O) groups is 1. The molecule has 0 radical (unpaired) electrons. The Hall–Kier alpha value is -2.05. The van der Waals surface area contributed by atoms with Crippen molar-refractivity contribution in [3.8, 4) is 0 Å². The van der Waals surface area contributed by atoms with Crippen molar-refractivity contribution in [1.82, 2.24) is 0 Å². The summed E-state index contributed by atoms with van der Waals surface area (Å²) in [7, 11) is -3.65. The predicted octanol–water partition coefficient (Wildman–Crippen LogP) is 3.47. The van der Waals surface area contributed by atoms with E-state index in [0.29, 0.717) is 23.7 Å². The van der Waals surface area contributed by atoms with Gasteiger partial charge in [-0.2, -0.15) is 0 Å². The molecular formula is C19H21ClN2O3S. The molecule has 1 amide bonds. The summed E-state index contributed by atoms with van der Waals surface area (Å²) in [6.07, 6.45) is 2.26. The lowest BCUT2D eigenvalue weighted by molar-refractivity contribution is -0.119. The van der Waals surface area contributed by atoms with Gasteiger partial charge < -0.3 is 4.90 Å². The Bertz CT molecular complexity index is 913. The molecule has 5 nitrogen and oxygen atoms in total. The minimum atomic E-state index is -3.65. The standard InChI is InChI=1S/C19H21ClN2O3S/c1-3-17(19(23)21-13-12-14-6-4-5-7-18(14)21)22(26(2,24)25)16-10-8-15(20)9-11-16/h4-11,17H,3,12-13H2,1-2H3. The van der Waals surface area contributed by atoms with Crippen molar-refractivity contribution >= 4 is 38.9 Å². The van der Waals surface area contributed by atoms with Crippen LogP contribution in [0.5, 0.6) is 0 Å². The van der Waals surface area contributed by atoms with Gasteiger partial charge in [0.1, 0.15) is 6.04 Å². The molecule has 0 aliphatic carbocycles. The molecule has 0 fully saturated rings. The zero-order chi connectivity index (χ0) is 18.9. The van der Waals surface area contributed by atoms with Crippen LogP contribution in [0.15, 0.2) is 48.5 Å². The summed E-state index contributed by atoms with van der Waals surface area (Å²) in [4.78, 5) is 15.0. The highest BCUT2D eigenvalue weighted by molar-refractivity contribution is 7.92. The first-order valence-corrected chi connectivity index (χ1v) is 10.7. The van der Waals surface area contributed by atoms with Crippen molar-refractivity contribution < 1.29 is 13.2 Å². The number of halogens is 1. The number of rotatable bonds is 5. The van der Waals surface area contributed by atoms with Gasteiger partial charge in [0, 0.05) is 17.3 Å². The van der Waals surface area contributed by atoms with Gasteiger partial charge in [0.2, 0.25) is 10.0 Å². The predicted molar refractivity (Wildman–Crippen MR) is 105 cm³/mol. The maximum absolute atomic E-state index is 13.3. The number of para-hydroxylation sites is 1. The van der Waals surface area contributed by atoms with Crippen LogP contribution in [-0.2, 0) is 21.2 Å². The van der Waals surface area contributed by atoms with E-state index < -0.39 is 16.1 Å². The lowest BCUT2D eigenvalue weighted by Crippen LogP contribution is -2.50. The Morgan fingerprint density at radius 1 is 1.19 bits per heavy atom. The van der Waals surface area contributed by atoms with E-state index in [1.165, 1.54) is 4.31 Å².